The predicted molar refractivity (Wildman–Crippen MR) is 66.5 cm³/mol. The van der Waals surface area contributed by atoms with E-state index in [4.69, 9.17) is 0 Å². The van der Waals surface area contributed by atoms with Gasteiger partial charge in [-0.05, 0) is 50.2 Å². The third-order valence-corrected chi connectivity index (χ3v) is 3.42. The number of hydrogen-bond donors (Lipinski definition) is 1. The standard InChI is InChI=1S/C14H17N2/c1-2-6-14-12(5-1)11-13(15-14)7-10-16-8-3-4-9-16/h2,5-6,11,15H,3-4,7-10H2. The van der Waals surface area contributed by atoms with Gasteiger partial charge in [-0.25, -0.2) is 0 Å². The predicted octanol–water partition coefficient (Wildman–Crippen LogP) is 2.61. The molecule has 3 rings (SSSR count). The van der Waals surface area contributed by atoms with E-state index in [-0.39, 0.29) is 0 Å². The van der Waals surface area contributed by atoms with Crippen molar-refractivity contribution in [2.24, 2.45) is 0 Å². The Morgan fingerprint density at radius 2 is 2.19 bits per heavy atom. The van der Waals surface area contributed by atoms with Crippen LogP contribution in [0.25, 0.3) is 10.9 Å². The van der Waals surface area contributed by atoms with Crippen LogP contribution in [0.3, 0.4) is 0 Å². The van der Waals surface area contributed by atoms with Gasteiger partial charge >= 0.3 is 0 Å². The molecule has 0 atom stereocenters. The van der Waals surface area contributed by atoms with Gasteiger partial charge in [-0.3, -0.25) is 0 Å². The summed E-state index contributed by atoms with van der Waals surface area (Å²) in [4.78, 5) is 6.03. The SMILES string of the molecule is [c]1ccc2[nH]c(CCN3CCCC3)cc2c1. The van der Waals surface area contributed by atoms with Gasteiger partial charge < -0.3 is 9.88 Å². The molecule has 0 unspecified atom stereocenters. The minimum Gasteiger partial charge on any atom is -0.358 e. The van der Waals surface area contributed by atoms with Crippen molar-refractivity contribution >= 4 is 10.9 Å². The lowest BCUT2D eigenvalue weighted by Gasteiger charge is -2.13. The molecule has 0 amide bonds. The highest BCUT2D eigenvalue weighted by Crippen LogP contribution is 2.15. The summed E-state index contributed by atoms with van der Waals surface area (Å²) in [6, 6.07) is 11.5. The number of likely N-dealkylation sites (tertiary alicyclic amines) is 1. The smallest absolute Gasteiger partial charge is 0.0456 e. The van der Waals surface area contributed by atoms with Crippen molar-refractivity contribution in [2.75, 3.05) is 19.6 Å². The highest BCUT2D eigenvalue weighted by molar-refractivity contribution is 5.79. The van der Waals surface area contributed by atoms with Crippen LogP contribution in [-0.2, 0) is 6.42 Å². The van der Waals surface area contributed by atoms with Crippen LogP contribution in [0, 0.1) is 6.07 Å². The molecule has 16 heavy (non-hydrogen) atoms. The van der Waals surface area contributed by atoms with Crippen LogP contribution < -0.4 is 0 Å². The molecule has 0 aliphatic carbocycles. The molecule has 2 nitrogen and oxygen atoms in total. The molecule has 1 N–H and O–H groups in total. The highest BCUT2D eigenvalue weighted by atomic mass is 15.1. The molecule has 1 aliphatic heterocycles. The molecule has 2 heterocycles. The molecular weight excluding hydrogens is 196 g/mol. The van der Waals surface area contributed by atoms with Crippen LogP contribution in [0.5, 0.6) is 0 Å². The van der Waals surface area contributed by atoms with Crippen LogP contribution in [0.2, 0.25) is 0 Å². The van der Waals surface area contributed by atoms with Crippen LogP contribution in [0.4, 0.5) is 0 Å². The molecule has 2 heteroatoms. The zero-order chi connectivity index (χ0) is 10.8. The Morgan fingerprint density at radius 1 is 1.31 bits per heavy atom. The highest BCUT2D eigenvalue weighted by Gasteiger charge is 2.11. The maximum Gasteiger partial charge on any atom is 0.0456 e. The van der Waals surface area contributed by atoms with E-state index in [0.717, 1.165) is 6.42 Å². The zero-order valence-corrected chi connectivity index (χ0v) is 9.50. The summed E-state index contributed by atoms with van der Waals surface area (Å²) in [5.74, 6) is 0. The Morgan fingerprint density at radius 3 is 3.00 bits per heavy atom. The molecule has 1 aliphatic rings. The average Bonchev–Trinajstić information content (AvgIpc) is 2.95. The van der Waals surface area contributed by atoms with E-state index in [0.29, 0.717) is 0 Å². The van der Waals surface area contributed by atoms with Crippen molar-refractivity contribution in [3.63, 3.8) is 0 Å². The molecule has 83 valence electrons. The molecule has 2 aromatic rings. The minimum atomic E-state index is 1.13. The van der Waals surface area contributed by atoms with Gasteiger partial charge in [0.25, 0.3) is 0 Å². The summed E-state index contributed by atoms with van der Waals surface area (Å²) in [6.07, 6.45) is 3.89. The van der Waals surface area contributed by atoms with Gasteiger partial charge in [0.2, 0.25) is 0 Å². The summed E-state index contributed by atoms with van der Waals surface area (Å²) in [5.41, 5.74) is 2.58. The fraction of sp³-hybridized carbons (Fsp3) is 0.429. The number of nitrogens with zero attached hydrogens (tertiary/aromatic N) is 1. The third-order valence-electron chi connectivity index (χ3n) is 3.42. The lowest BCUT2D eigenvalue weighted by Crippen LogP contribution is -2.21. The summed E-state index contributed by atoms with van der Waals surface area (Å²) < 4.78 is 0. The quantitative estimate of drug-likeness (QED) is 0.830. The monoisotopic (exact) mass is 213 g/mol. The molecule has 1 aromatic carbocycles. The van der Waals surface area contributed by atoms with Crippen LogP contribution in [-0.4, -0.2) is 29.5 Å². The number of aromatic nitrogens is 1. The molecule has 0 spiro atoms. The van der Waals surface area contributed by atoms with E-state index in [1.807, 2.05) is 12.1 Å². The number of benzene rings is 1. The number of aromatic amines is 1. The van der Waals surface area contributed by atoms with Crippen molar-refractivity contribution in [1.29, 1.82) is 0 Å². The van der Waals surface area contributed by atoms with Gasteiger partial charge in [0.1, 0.15) is 0 Å². The van der Waals surface area contributed by atoms with E-state index in [1.165, 1.54) is 49.1 Å². The summed E-state index contributed by atoms with van der Waals surface area (Å²) >= 11 is 0. The van der Waals surface area contributed by atoms with E-state index < -0.39 is 0 Å². The second-order valence-electron chi connectivity index (χ2n) is 4.61. The third kappa shape index (κ3) is 1.98. The van der Waals surface area contributed by atoms with Crippen molar-refractivity contribution in [1.82, 2.24) is 9.88 Å². The fourth-order valence-electron chi connectivity index (χ4n) is 2.49. The summed E-state index contributed by atoms with van der Waals surface area (Å²) in [5, 5.41) is 1.28. The molecule has 1 saturated heterocycles. The van der Waals surface area contributed by atoms with Crippen LogP contribution in [0.1, 0.15) is 18.5 Å². The van der Waals surface area contributed by atoms with Gasteiger partial charge in [0.15, 0.2) is 0 Å². The van der Waals surface area contributed by atoms with Gasteiger partial charge in [0.05, 0.1) is 0 Å². The Labute approximate surface area is 96.3 Å². The average molecular weight is 213 g/mol. The zero-order valence-electron chi connectivity index (χ0n) is 9.50. The maximum atomic E-state index is 3.47. The number of hydrogen-bond acceptors (Lipinski definition) is 1. The molecule has 0 bridgehead atoms. The van der Waals surface area contributed by atoms with Gasteiger partial charge in [-0.1, -0.05) is 6.07 Å². The second-order valence-corrected chi connectivity index (χ2v) is 4.61. The number of H-pyrrole nitrogens is 1. The Balaban J connectivity index is 1.69. The van der Waals surface area contributed by atoms with Crippen LogP contribution in [0.15, 0.2) is 24.3 Å². The number of rotatable bonds is 3. The van der Waals surface area contributed by atoms with Gasteiger partial charge in [-0.2, -0.15) is 0 Å². The first kappa shape index (κ1) is 9.91. The van der Waals surface area contributed by atoms with Gasteiger partial charge in [0, 0.05) is 29.6 Å². The number of fused-ring (bicyclic) bond motifs is 1. The Bertz CT molecular complexity index is 433. The van der Waals surface area contributed by atoms with Gasteiger partial charge in [-0.15, -0.1) is 0 Å². The van der Waals surface area contributed by atoms with Crippen LogP contribution >= 0.6 is 0 Å². The largest absolute Gasteiger partial charge is 0.358 e. The normalized spacial score (nSPS) is 17.2. The molecular formula is C14H17N2. The number of nitrogens with one attached hydrogen (secondary N) is 1. The molecule has 1 fully saturated rings. The lowest BCUT2D eigenvalue weighted by molar-refractivity contribution is 0.342. The van der Waals surface area contributed by atoms with Crippen molar-refractivity contribution in [3.8, 4) is 0 Å². The summed E-state index contributed by atoms with van der Waals surface area (Å²) in [6.45, 7) is 3.76. The lowest BCUT2D eigenvalue weighted by atomic mass is 10.2. The Hall–Kier alpha value is -1.28. The first-order chi connectivity index (χ1) is 7.92. The summed E-state index contributed by atoms with van der Waals surface area (Å²) in [7, 11) is 0. The second kappa shape index (κ2) is 4.30. The van der Waals surface area contributed by atoms with Crippen molar-refractivity contribution in [2.45, 2.75) is 19.3 Å². The minimum absolute atomic E-state index is 1.13. The van der Waals surface area contributed by atoms with Crippen molar-refractivity contribution < 1.29 is 0 Å². The fourth-order valence-corrected chi connectivity index (χ4v) is 2.49. The van der Waals surface area contributed by atoms with Crippen molar-refractivity contribution in [3.05, 3.63) is 36.0 Å². The van der Waals surface area contributed by atoms with E-state index >= 15 is 0 Å². The van der Waals surface area contributed by atoms with E-state index in [2.05, 4.69) is 28.1 Å². The molecule has 0 saturated carbocycles. The van der Waals surface area contributed by atoms with E-state index in [1.54, 1.807) is 0 Å². The maximum absolute atomic E-state index is 3.47. The van der Waals surface area contributed by atoms with E-state index in [9.17, 15) is 0 Å². The molecule has 1 radical (unpaired) electrons. The first-order valence-corrected chi connectivity index (χ1v) is 6.12. The Kier molecular flexibility index (Phi) is 2.66. The molecule has 1 aromatic heterocycles. The first-order valence-electron chi connectivity index (χ1n) is 6.12. The topological polar surface area (TPSA) is 19.0 Å².